The van der Waals surface area contributed by atoms with Crippen molar-refractivity contribution in [2.24, 2.45) is 0 Å². The second-order valence-electron chi connectivity index (χ2n) is 5.08. The molecule has 0 saturated heterocycles. The van der Waals surface area contributed by atoms with Gasteiger partial charge in [-0.1, -0.05) is 52.9 Å². The van der Waals surface area contributed by atoms with Crippen molar-refractivity contribution in [2.75, 3.05) is 11.9 Å². The number of hydrogen-bond acceptors (Lipinski definition) is 6. The summed E-state index contributed by atoms with van der Waals surface area (Å²) in [5.41, 5.74) is 1.11. The molecule has 0 aliphatic heterocycles. The zero-order valence-electron chi connectivity index (χ0n) is 13.3. The molecule has 5 nitrogen and oxygen atoms in total. The molecule has 3 aromatic rings. The predicted molar refractivity (Wildman–Crippen MR) is 101 cm³/mol. The molecule has 2 aromatic carbocycles. The van der Waals surface area contributed by atoms with E-state index in [2.05, 4.69) is 15.5 Å². The van der Waals surface area contributed by atoms with Crippen molar-refractivity contribution < 1.29 is 13.9 Å². The third-order valence-electron chi connectivity index (χ3n) is 3.09. The van der Waals surface area contributed by atoms with Gasteiger partial charge in [0.1, 0.15) is 11.6 Å². The van der Waals surface area contributed by atoms with Crippen LogP contribution in [-0.2, 0) is 10.5 Å². The quantitative estimate of drug-likeness (QED) is 0.455. The van der Waals surface area contributed by atoms with Crippen LogP contribution < -0.4 is 10.1 Å². The Bertz CT molecular complexity index is 890. The van der Waals surface area contributed by atoms with Gasteiger partial charge in [-0.2, -0.15) is 0 Å². The number of ether oxygens (including phenoxy) is 1. The number of rotatable bonds is 7. The summed E-state index contributed by atoms with van der Waals surface area (Å²) in [6.07, 6.45) is 0. The van der Waals surface area contributed by atoms with E-state index < -0.39 is 5.82 Å². The Balaban J connectivity index is 1.46. The molecular weight excluding hydrogens is 397 g/mol. The van der Waals surface area contributed by atoms with Gasteiger partial charge in [0.2, 0.25) is 5.13 Å². The first kappa shape index (κ1) is 18.6. The Morgan fingerprint density at radius 1 is 1.23 bits per heavy atom. The van der Waals surface area contributed by atoms with Crippen LogP contribution in [0.4, 0.5) is 9.52 Å². The van der Waals surface area contributed by atoms with E-state index in [-0.39, 0.29) is 18.3 Å². The van der Waals surface area contributed by atoms with Gasteiger partial charge in [0.25, 0.3) is 5.91 Å². The van der Waals surface area contributed by atoms with E-state index in [4.69, 9.17) is 16.3 Å². The summed E-state index contributed by atoms with van der Waals surface area (Å²) in [5, 5.41) is 11.7. The number of halogens is 2. The van der Waals surface area contributed by atoms with E-state index in [1.807, 2.05) is 24.3 Å². The Morgan fingerprint density at radius 2 is 2.04 bits per heavy atom. The van der Waals surface area contributed by atoms with Crippen LogP contribution in [0.3, 0.4) is 0 Å². The number of nitrogens with one attached hydrogen (secondary N) is 1. The normalized spacial score (nSPS) is 10.5. The molecule has 26 heavy (non-hydrogen) atoms. The van der Waals surface area contributed by atoms with E-state index in [0.717, 1.165) is 15.7 Å². The number of carbonyl (C=O) groups is 1. The standard InChI is InChI=1S/C17H13ClFN3O2S2/c18-12-6-4-11(5-7-12)10-25-17-22-21-16(26-17)20-15(23)9-24-14-3-1-2-13(19)8-14/h1-8H,9-10H2,(H,20,21,23). The molecule has 134 valence electrons. The maximum Gasteiger partial charge on any atom is 0.264 e. The zero-order valence-corrected chi connectivity index (χ0v) is 15.7. The Labute approximate surface area is 162 Å². The fraction of sp³-hybridized carbons (Fsp3) is 0.118. The minimum Gasteiger partial charge on any atom is -0.484 e. The van der Waals surface area contributed by atoms with Crippen LogP contribution in [0.1, 0.15) is 5.56 Å². The van der Waals surface area contributed by atoms with Crippen molar-refractivity contribution in [2.45, 2.75) is 10.1 Å². The summed E-state index contributed by atoms with van der Waals surface area (Å²) >= 11 is 8.65. The smallest absolute Gasteiger partial charge is 0.264 e. The van der Waals surface area contributed by atoms with Crippen LogP contribution in [0.5, 0.6) is 5.75 Å². The fourth-order valence-corrected chi connectivity index (χ4v) is 3.76. The maximum atomic E-state index is 13.1. The lowest BCUT2D eigenvalue weighted by Gasteiger charge is -2.05. The summed E-state index contributed by atoms with van der Waals surface area (Å²) in [7, 11) is 0. The molecule has 0 aliphatic carbocycles. The molecule has 0 atom stereocenters. The lowest BCUT2D eigenvalue weighted by molar-refractivity contribution is -0.118. The number of nitrogens with zero attached hydrogens (tertiary/aromatic N) is 2. The SMILES string of the molecule is O=C(COc1cccc(F)c1)Nc1nnc(SCc2ccc(Cl)cc2)s1. The van der Waals surface area contributed by atoms with Crippen LogP contribution >= 0.6 is 34.7 Å². The number of carbonyl (C=O) groups excluding carboxylic acids is 1. The topological polar surface area (TPSA) is 64.1 Å². The van der Waals surface area contributed by atoms with Crippen molar-refractivity contribution in [1.82, 2.24) is 10.2 Å². The highest BCUT2D eigenvalue weighted by Gasteiger charge is 2.10. The molecule has 1 heterocycles. The third-order valence-corrected chi connectivity index (χ3v) is 5.39. The van der Waals surface area contributed by atoms with E-state index in [0.29, 0.717) is 10.2 Å². The van der Waals surface area contributed by atoms with Gasteiger partial charge in [0, 0.05) is 16.8 Å². The first-order valence-electron chi connectivity index (χ1n) is 7.47. The molecule has 1 N–H and O–H groups in total. The summed E-state index contributed by atoms with van der Waals surface area (Å²) in [5.74, 6) is 0.202. The molecule has 0 unspecified atom stereocenters. The van der Waals surface area contributed by atoms with Gasteiger partial charge in [-0.25, -0.2) is 4.39 Å². The Kier molecular flexibility index (Phi) is 6.43. The maximum absolute atomic E-state index is 13.1. The lowest BCUT2D eigenvalue weighted by atomic mass is 10.2. The van der Waals surface area contributed by atoms with E-state index >= 15 is 0 Å². The van der Waals surface area contributed by atoms with Crippen LogP contribution in [-0.4, -0.2) is 22.7 Å². The van der Waals surface area contributed by atoms with Crippen LogP contribution in [0.2, 0.25) is 5.02 Å². The lowest BCUT2D eigenvalue weighted by Crippen LogP contribution is -2.20. The van der Waals surface area contributed by atoms with Crippen LogP contribution in [0, 0.1) is 5.82 Å². The molecule has 3 rings (SSSR count). The number of benzene rings is 2. The minimum absolute atomic E-state index is 0.240. The molecule has 0 saturated carbocycles. The number of aromatic nitrogens is 2. The number of amides is 1. The van der Waals surface area contributed by atoms with Crippen LogP contribution in [0.15, 0.2) is 52.9 Å². The summed E-state index contributed by atoms with van der Waals surface area (Å²) in [4.78, 5) is 11.9. The van der Waals surface area contributed by atoms with Crippen LogP contribution in [0.25, 0.3) is 0 Å². The Morgan fingerprint density at radius 3 is 2.81 bits per heavy atom. The molecule has 0 aliphatic rings. The van der Waals surface area contributed by atoms with Gasteiger partial charge < -0.3 is 4.74 Å². The van der Waals surface area contributed by atoms with E-state index in [9.17, 15) is 9.18 Å². The molecule has 1 amide bonds. The first-order chi connectivity index (χ1) is 12.6. The molecule has 0 bridgehead atoms. The highest BCUT2D eigenvalue weighted by atomic mass is 35.5. The van der Waals surface area contributed by atoms with Crippen molar-refractivity contribution >= 4 is 45.7 Å². The fourth-order valence-electron chi connectivity index (χ4n) is 1.91. The second-order valence-corrected chi connectivity index (χ2v) is 7.72. The summed E-state index contributed by atoms with van der Waals surface area (Å²) in [6.45, 7) is -0.240. The van der Waals surface area contributed by atoms with Gasteiger partial charge in [-0.15, -0.1) is 10.2 Å². The minimum atomic E-state index is -0.422. The summed E-state index contributed by atoms with van der Waals surface area (Å²) < 4.78 is 19.0. The van der Waals surface area contributed by atoms with Gasteiger partial charge in [-0.3, -0.25) is 10.1 Å². The summed E-state index contributed by atoms with van der Waals surface area (Å²) in [6, 6.07) is 13.2. The molecule has 0 spiro atoms. The zero-order chi connectivity index (χ0) is 18.4. The molecule has 1 aromatic heterocycles. The molecule has 0 radical (unpaired) electrons. The molecular formula is C17H13ClFN3O2S2. The second kappa shape index (κ2) is 8.98. The highest BCUT2D eigenvalue weighted by molar-refractivity contribution is 8.00. The average Bonchev–Trinajstić information content (AvgIpc) is 3.07. The number of thioether (sulfide) groups is 1. The number of anilines is 1. The highest BCUT2D eigenvalue weighted by Crippen LogP contribution is 2.28. The van der Waals surface area contributed by atoms with Crippen molar-refractivity contribution in [3.63, 3.8) is 0 Å². The van der Waals surface area contributed by atoms with Crippen molar-refractivity contribution in [1.29, 1.82) is 0 Å². The van der Waals surface area contributed by atoms with Gasteiger partial charge in [0.15, 0.2) is 10.9 Å². The van der Waals surface area contributed by atoms with Crippen molar-refractivity contribution in [3.8, 4) is 5.75 Å². The Hall–Kier alpha value is -2.16. The molecule has 9 heteroatoms. The average molecular weight is 410 g/mol. The van der Waals surface area contributed by atoms with E-state index in [1.54, 1.807) is 6.07 Å². The molecule has 0 fully saturated rings. The largest absolute Gasteiger partial charge is 0.484 e. The van der Waals surface area contributed by atoms with Crippen molar-refractivity contribution in [3.05, 3.63) is 64.9 Å². The first-order valence-corrected chi connectivity index (χ1v) is 9.65. The van der Waals surface area contributed by atoms with E-state index in [1.165, 1.54) is 41.3 Å². The predicted octanol–water partition coefficient (Wildman–Crippen LogP) is 4.64. The van der Waals surface area contributed by atoms with Gasteiger partial charge in [0.05, 0.1) is 0 Å². The van der Waals surface area contributed by atoms with Gasteiger partial charge in [-0.05, 0) is 29.8 Å². The van der Waals surface area contributed by atoms with Gasteiger partial charge >= 0.3 is 0 Å². The monoisotopic (exact) mass is 409 g/mol. The number of hydrogen-bond donors (Lipinski definition) is 1. The third kappa shape index (κ3) is 5.69.